The first-order chi connectivity index (χ1) is 13.9. The number of carbonyl (C=O) groups is 1. The zero-order chi connectivity index (χ0) is 20.6. The monoisotopic (exact) mass is 409 g/mol. The Morgan fingerprint density at radius 3 is 2.24 bits per heavy atom. The lowest BCUT2D eigenvalue weighted by Crippen LogP contribution is -2.41. The van der Waals surface area contributed by atoms with E-state index in [1.165, 1.54) is 19.3 Å². The van der Waals surface area contributed by atoms with E-state index >= 15 is 0 Å². The van der Waals surface area contributed by atoms with E-state index in [2.05, 4.69) is 6.08 Å². The Morgan fingerprint density at radius 2 is 1.55 bits per heavy atom. The van der Waals surface area contributed by atoms with E-state index in [0.29, 0.717) is 11.5 Å². The quantitative estimate of drug-likeness (QED) is 0.708. The molecule has 0 unspecified atom stereocenters. The second-order valence-corrected chi connectivity index (χ2v) is 10.1. The van der Waals surface area contributed by atoms with E-state index in [9.17, 15) is 13.2 Å². The molecule has 1 aliphatic heterocycles. The number of hydrogen-bond donors (Lipinski definition) is 0. The van der Waals surface area contributed by atoms with Crippen LogP contribution in [0, 0.1) is 19.8 Å². The molecule has 0 spiro atoms. The molecule has 0 aromatic heterocycles. The number of hydrogen-bond acceptors (Lipinski definition) is 3. The molecule has 2 aromatic rings. The van der Waals surface area contributed by atoms with Crippen LogP contribution in [-0.4, -0.2) is 25.2 Å². The highest BCUT2D eigenvalue weighted by Crippen LogP contribution is 2.35. The van der Waals surface area contributed by atoms with E-state index in [0.717, 1.165) is 39.4 Å². The summed E-state index contributed by atoms with van der Waals surface area (Å²) in [6.45, 7) is 4.01. The van der Waals surface area contributed by atoms with Crippen molar-refractivity contribution in [2.45, 2.75) is 50.8 Å². The molecule has 4 nitrogen and oxygen atoms in total. The highest BCUT2D eigenvalue weighted by molar-refractivity contribution is 7.89. The van der Waals surface area contributed by atoms with Crippen LogP contribution in [0.1, 0.15) is 59.2 Å². The Kier molecular flexibility index (Phi) is 5.34. The number of amides is 1. The Hall–Kier alpha value is -2.40. The first-order valence-electron chi connectivity index (χ1n) is 10.3. The summed E-state index contributed by atoms with van der Waals surface area (Å²) in [6.07, 6.45) is 8.16. The molecule has 1 fully saturated rings. The number of sulfonamides is 1. The normalized spacial score (nSPS) is 19.4. The van der Waals surface area contributed by atoms with E-state index in [4.69, 9.17) is 0 Å². The number of rotatable bonds is 3. The van der Waals surface area contributed by atoms with Gasteiger partial charge >= 0.3 is 0 Å². The summed E-state index contributed by atoms with van der Waals surface area (Å²) in [4.78, 5) is 13.3. The number of fused-ring (bicyclic) bond motifs is 1. The number of nitrogens with zero attached hydrogens (tertiary/aromatic N) is 1. The van der Waals surface area contributed by atoms with Crippen LogP contribution in [0.2, 0.25) is 0 Å². The fourth-order valence-electron chi connectivity index (χ4n) is 4.32. The Morgan fingerprint density at radius 1 is 0.897 bits per heavy atom. The summed E-state index contributed by atoms with van der Waals surface area (Å²) < 4.78 is 27.6. The largest absolute Gasteiger partial charge is 0.268 e. The van der Waals surface area contributed by atoms with E-state index in [1.54, 1.807) is 30.3 Å². The first-order valence-corrected chi connectivity index (χ1v) is 11.8. The molecule has 1 saturated carbocycles. The predicted octanol–water partition coefficient (Wildman–Crippen LogP) is 5.11. The molecule has 0 bridgehead atoms. The third kappa shape index (κ3) is 3.88. The maximum Gasteiger partial charge on any atom is 0.268 e. The lowest BCUT2D eigenvalue weighted by molar-refractivity contribution is 0.0867. The molecule has 0 saturated heterocycles. The first kappa shape index (κ1) is 19.9. The molecule has 2 aliphatic rings. The van der Waals surface area contributed by atoms with Crippen LogP contribution < -0.4 is 0 Å². The molecule has 1 heterocycles. The van der Waals surface area contributed by atoms with Crippen LogP contribution in [0.4, 0.5) is 0 Å². The SMILES string of the molecule is Cc1ccc(S(=O)(=O)N2C/C(=C/C3CCCCC3)c3cc(C)ccc3C2=O)cc1. The summed E-state index contributed by atoms with van der Waals surface area (Å²) in [5, 5.41) is 0. The summed E-state index contributed by atoms with van der Waals surface area (Å²) in [6, 6.07) is 12.3. The maximum atomic E-state index is 13.3. The van der Waals surface area contributed by atoms with Crippen molar-refractivity contribution in [3.05, 3.63) is 70.8 Å². The van der Waals surface area contributed by atoms with Gasteiger partial charge < -0.3 is 0 Å². The zero-order valence-electron chi connectivity index (χ0n) is 17.0. The van der Waals surface area contributed by atoms with E-state index < -0.39 is 15.9 Å². The third-order valence-corrected chi connectivity index (χ3v) is 7.73. The summed E-state index contributed by atoms with van der Waals surface area (Å²) >= 11 is 0. The van der Waals surface area contributed by atoms with Crippen LogP contribution in [-0.2, 0) is 10.0 Å². The van der Waals surface area contributed by atoms with E-state index in [1.807, 2.05) is 26.0 Å². The zero-order valence-corrected chi connectivity index (χ0v) is 17.8. The third-order valence-electron chi connectivity index (χ3n) is 5.99. The van der Waals surface area contributed by atoms with Gasteiger partial charge in [0.2, 0.25) is 0 Å². The van der Waals surface area contributed by atoms with Gasteiger partial charge in [0, 0.05) is 5.56 Å². The Labute approximate surface area is 173 Å². The predicted molar refractivity (Wildman–Crippen MR) is 115 cm³/mol. The second-order valence-electron chi connectivity index (χ2n) is 8.27. The molecular formula is C24H27NO3S. The molecule has 0 atom stereocenters. The Balaban J connectivity index is 1.78. The molecule has 0 radical (unpaired) electrons. The Bertz CT molecular complexity index is 1060. The fraction of sp³-hybridized carbons (Fsp3) is 0.375. The topological polar surface area (TPSA) is 54.5 Å². The van der Waals surface area contributed by atoms with Crippen molar-refractivity contribution in [1.82, 2.24) is 4.31 Å². The molecule has 29 heavy (non-hydrogen) atoms. The van der Waals surface area contributed by atoms with Crippen LogP contribution in [0.15, 0.2) is 53.4 Å². The molecule has 4 rings (SSSR count). The van der Waals surface area contributed by atoms with Crippen LogP contribution >= 0.6 is 0 Å². The maximum absolute atomic E-state index is 13.3. The number of benzene rings is 2. The molecule has 2 aromatic carbocycles. The fourth-order valence-corrected chi connectivity index (χ4v) is 5.68. The number of carbonyl (C=O) groups excluding carboxylic acids is 1. The number of aryl methyl sites for hydroxylation is 2. The average Bonchev–Trinajstić information content (AvgIpc) is 2.71. The van der Waals surface area contributed by atoms with Crippen molar-refractivity contribution < 1.29 is 13.2 Å². The lowest BCUT2D eigenvalue weighted by Gasteiger charge is -2.31. The van der Waals surface area contributed by atoms with E-state index in [-0.39, 0.29) is 11.4 Å². The lowest BCUT2D eigenvalue weighted by atomic mass is 9.85. The summed E-state index contributed by atoms with van der Waals surface area (Å²) in [5.74, 6) is 0.00520. The average molecular weight is 410 g/mol. The van der Waals surface area contributed by atoms with Crippen molar-refractivity contribution >= 4 is 21.5 Å². The van der Waals surface area contributed by atoms with Gasteiger partial charge in [-0.1, -0.05) is 60.7 Å². The minimum Gasteiger partial charge on any atom is -0.268 e. The van der Waals surface area contributed by atoms with Crippen LogP contribution in [0.3, 0.4) is 0 Å². The smallest absolute Gasteiger partial charge is 0.268 e. The van der Waals surface area contributed by atoms with Crippen molar-refractivity contribution in [3.63, 3.8) is 0 Å². The van der Waals surface area contributed by atoms with Gasteiger partial charge in [-0.15, -0.1) is 0 Å². The molecular weight excluding hydrogens is 382 g/mol. The van der Waals surface area contributed by atoms with Gasteiger partial charge in [0.1, 0.15) is 0 Å². The van der Waals surface area contributed by atoms with Gasteiger partial charge in [0.05, 0.1) is 11.4 Å². The molecule has 1 amide bonds. The van der Waals surface area contributed by atoms with Gasteiger partial charge in [-0.3, -0.25) is 4.79 Å². The molecule has 5 heteroatoms. The summed E-state index contributed by atoms with van der Waals surface area (Å²) in [7, 11) is -3.91. The molecule has 1 aliphatic carbocycles. The highest BCUT2D eigenvalue weighted by Gasteiger charge is 2.36. The van der Waals surface area contributed by atoms with Gasteiger partial charge in [0.25, 0.3) is 15.9 Å². The molecule has 0 N–H and O–H groups in total. The van der Waals surface area contributed by atoms with Crippen molar-refractivity contribution in [2.24, 2.45) is 5.92 Å². The molecule has 152 valence electrons. The van der Waals surface area contributed by atoms with Gasteiger partial charge in [-0.05, 0) is 61.9 Å². The second kappa shape index (κ2) is 7.79. The van der Waals surface area contributed by atoms with Crippen LogP contribution in [0.25, 0.3) is 5.57 Å². The van der Waals surface area contributed by atoms with Gasteiger partial charge in [0.15, 0.2) is 0 Å². The van der Waals surface area contributed by atoms with Crippen molar-refractivity contribution in [2.75, 3.05) is 6.54 Å². The summed E-state index contributed by atoms with van der Waals surface area (Å²) in [5.41, 5.74) is 4.36. The van der Waals surface area contributed by atoms with Crippen LogP contribution in [0.5, 0.6) is 0 Å². The van der Waals surface area contributed by atoms with Gasteiger partial charge in [-0.25, -0.2) is 12.7 Å². The minimum absolute atomic E-state index is 0.0992. The van der Waals surface area contributed by atoms with Gasteiger partial charge in [-0.2, -0.15) is 0 Å². The number of allylic oxidation sites excluding steroid dienone is 1. The standard InChI is InChI=1S/C24H27NO3S/c1-17-8-11-21(12-9-17)29(27,28)25-16-20(15-19-6-4-3-5-7-19)23-14-18(2)10-13-22(23)24(25)26/h8-15,19H,3-7,16H2,1-2H3/b20-15-. The van der Waals surface area contributed by atoms with Crippen molar-refractivity contribution in [3.8, 4) is 0 Å². The van der Waals surface area contributed by atoms with Crippen molar-refractivity contribution in [1.29, 1.82) is 0 Å². The minimum atomic E-state index is -3.91. The highest BCUT2D eigenvalue weighted by atomic mass is 32.2.